The number of thiophene rings is 1. The molecule has 1 aromatic carbocycles. The summed E-state index contributed by atoms with van der Waals surface area (Å²) in [6.45, 7) is 6.25. The van der Waals surface area contributed by atoms with Gasteiger partial charge < -0.3 is 10.1 Å². The molecule has 1 aromatic heterocycles. The van der Waals surface area contributed by atoms with Gasteiger partial charge in [0.1, 0.15) is 11.1 Å². The second kappa shape index (κ2) is 8.98. The summed E-state index contributed by atoms with van der Waals surface area (Å²) in [7, 11) is 0. The van der Waals surface area contributed by atoms with Crippen LogP contribution < -0.4 is 5.32 Å². The molecule has 4 saturated carbocycles. The number of nitrogens with one attached hydrogen (secondary N) is 1. The van der Waals surface area contributed by atoms with E-state index in [9.17, 15) is 14.9 Å². The first-order valence-electron chi connectivity index (χ1n) is 13.8. The maximum atomic E-state index is 13.6. The second-order valence-electron chi connectivity index (χ2n) is 12.6. The Morgan fingerprint density at radius 1 is 1.16 bits per heavy atom. The number of carbonyl (C=O) groups excluding carboxylic acids is 2. The normalized spacial score (nSPS) is 31.5. The average molecular weight is 517 g/mol. The van der Waals surface area contributed by atoms with Crippen molar-refractivity contribution in [1.29, 1.82) is 5.26 Å². The van der Waals surface area contributed by atoms with E-state index in [2.05, 4.69) is 50.4 Å². The van der Waals surface area contributed by atoms with Crippen LogP contribution in [0.5, 0.6) is 0 Å². The van der Waals surface area contributed by atoms with Gasteiger partial charge in [0.25, 0.3) is 5.91 Å². The first-order valence-corrected chi connectivity index (χ1v) is 14.6. The highest BCUT2D eigenvalue weighted by molar-refractivity contribution is 7.16. The van der Waals surface area contributed by atoms with Crippen LogP contribution in [0.4, 0.5) is 5.00 Å². The lowest BCUT2D eigenvalue weighted by atomic mass is 9.43. The molecule has 7 rings (SSSR count). The van der Waals surface area contributed by atoms with E-state index in [1.165, 1.54) is 39.3 Å². The molecule has 5 atom stereocenters. The number of hydrogen-bond donors (Lipinski definition) is 1. The molecule has 0 spiro atoms. The van der Waals surface area contributed by atoms with Gasteiger partial charge in [-0.15, -0.1) is 11.3 Å². The molecule has 194 valence electrons. The fourth-order valence-electron chi connectivity index (χ4n) is 8.31. The third-order valence-corrected chi connectivity index (χ3v) is 11.0. The van der Waals surface area contributed by atoms with Crippen molar-refractivity contribution in [3.63, 3.8) is 0 Å². The van der Waals surface area contributed by atoms with Gasteiger partial charge in [-0.2, -0.15) is 5.26 Å². The minimum Gasteiger partial charge on any atom is -0.455 e. The van der Waals surface area contributed by atoms with Crippen molar-refractivity contribution in [3.8, 4) is 6.07 Å². The predicted octanol–water partition coefficient (Wildman–Crippen LogP) is 6.38. The quantitative estimate of drug-likeness (QED) is 0.468. The van der Waals surface area contributed by atoms with Crippen LogP contribution in [0.1, 0.15) is 84.6 Å². The molecular formula is C31H36N2O3S. The van der Waals surface area contributed by atoms with Crippen molar-refractivity contribution in [3.05, 3.63) is 50.9 Å². The number of nitriles is 1. The minimum atomic E-state index is -0.487. The van der Waals surface area contributed by atoms with Gasteiger partial charge in [-0.25, -0.2) is 0 Å². The number of amides is 1. The Hall–Kier alpha value is -2.65. The van der Waals surface area contributed by atoms with Gasteiger partial charge >= 0.3 is 5.97 Å². The van der Waals surface area contributed by atoms with Gasteiger partial charge in [0.2, 0.25) is 0 Å². The van der Waals surface area contributed by atoms with E-state index >= 15 is 0 Å². The molecule has 6 heteroatoms. The Kier molecular flexibility index (Phi) is 5.99. The van der Waals surface area contributed by atoms with Gasteiger partial charge in [0.15, 0.2) is 6.61 Å². The van der Waals surface area contributed by atoms with E-state index in [-0.39, 0.29) is 23.9 Å². The van der Waals surface area contributed by atoms with Gasteiger partial charge in [0, 0.05) is 4.88 Å². The Labute approximate surface area is 223 Å². The average Bonchev–Trinajstić information content (AvgIpc) is 3.19. The molecule has 2 aromatic rings. The van der Waals surface area contributed by atoms with E-state index in [4.69, 9.17) is 4.74 Å². The number of hydrogen-bond acceptors (Lipinski definition) is 5. The third kappa shape index (κ3) is 4.20. The molecule has 1 amide bonds. The summed E-state index contributed by atoms with van der Waals surface area (Å²) >= 11 is 1.50. The zero-order valence-electron chi connectivity index (χ0n) is 22.1. The Morgan fingerprint density at radius 2 is 1.92 bits per heavy atom. The van der Waals surface area contributed by atoms with E-state index < -0.39 is 5.41 Å². The Balaban J connectivity index is 1.16. The summed E-state index contributed by atoms with van der Waals surface area (Å²) in [4.78, 5) is 27.7. The highest BCUT2D eigenvalue weighted by Crippen LogP contribution is 2.66. The van der Waals surface area contributed by atoms with Crippen LogP contribution in [-0.2, 0) is 32.6 Å². The van der Waals surface area contributed by atoms with Crippen molar-refractivity contribution in [1.82, 2.24) is 0 Å². The summed E-state index contributed by atoms with van der Waals surface area (Å²) in [5, 5.41) is 13.2. The molecule has 4 fully saturated rings. The number of nitrogens with zero attached hydrogens (tertiary/aromatic N) is 1. The Morgan fingerprint density at radius 3 is 2.62 bits per heavy atom. The summed E-state index contributed by atoms with van der Waals surface area (Å²) in [5.41, 5.74) is 5.21. The van der Waals surface area contributed by atoms with Crippen molar-refractivity contribution >= 4 is 28.2 Å². The zero-order valence-corrected chi connectivity index (χ0v) is 22.9. The fourth-order valence-corrected chi connectivity index (χ4v) is 9.69. The van der Waals surface area contributed by atoms with E-state index in [0.717, 1.165) is 56.9 Å². The lowest BCUT2D eigenvalue weighted by molar-refractivity contribution is -0.175. The van der Waals surface area contributed by atoms with Crippen LogP contribution in [0.15, 0.2) is 18.2 Å². The van der Waals surface area contributed by atoms with Crippen molar-refractivity contribution in [2.45, 2.75) is 84.0 Å². The molecule has 2 unspecified atom stereocenters. The monoisotopic (exact) mass is 516 g/mol. The van der Waals surface area contributed by atoms with E-state index in [0.29, 0.717) is 28.3 Å². The first kappa shape index (κ1) is 24.7. The molecular weight excluding hydrogens is 480 g/mol. The third-order valence-electron chi connectivity index (χ3n) is 9.82. The lowest BCUT2D eigenvalue weighted by Gasteiger charge is -2.61. The molecule has 4 bridgehead atoms. The molecule has 5 nitrogen and oxygen atoms in total. The van der Waals surface area contributed by atoms with Crippen molar-refractivity contribution in [2.24, 2.45) is 23.2 Å². The van der Waals surface area contributed by atoms with Gasteiger partial charge in [-0.1, -0.05) is 25.1 Å². The van der Waals surface area contributed by atoms with Crippen LogP contribution in [0, 0.1) is 48.3 Å². The smallest absolute Gasteiger partial charge is 0.312 e. The summed E-state index contributed by atoms with van der Waals surface area (Å²) in [5.74, 6) is 1.12. The molecule has 0 aliphatic heterocycles. The standard InChI is InChI=1S/C31H36N2O3S/c1-18-4-7-24-25(15-32)28(37-26(24)8-18)33-27(34)16-36-29(35)31-13-21-10-22(14-31)12-30(11-21,17-31)23-6-5-19(2)20(3)9-23/h5-6,9,18,21-22H,4,7-8,10-14,16-17H2,1-3H3,(H,33,34)/t18-,21-,22+,30?,31?/m1/s1. The van der Waals surface area contributed by atoms with Gasteiger partial charge in [-0.05, 0) is 117 Å². The molecule has 1 heterocycles. The maximum absolute atomic E-state index is 13.6. The number of fused-ring (bicyclic) bond motifs is 1. The number of benzene rings is 1. The van der Waals surface area contributed by atoms with Crippen LogP contribution in [-0.4, -0.2) is 18.5 Å². The maximum Gasteiger partial charge on any atom is 0.312 e. The minimum absolute atomic E-state index is 0.0404. The lowest BCUT2D eigenvalue weighted by Crippen LogP contribution is -2.57. The SMILES string of the molecule is Cc1ccc(C23C[C@@H]4C[C@@H](CC(C(=O)OCC(=O)Nc5sc6c(c5C#N)CC[C@@H](C)C6)(C4)C2)C3)cc1C. The highest BCUT2D eigenvalue weighted by atomic mass is 32.1. The molecule has 5 aliphatic rings. The van der Waals surface area contributed by atoms with Crippen LogP contribution in [0.2, 0.25) is 0 Å². The topological polar surface area (TPSA) is 79.2 Å². The van der Waals surface area contributed by atoms with Crippen molar-refractivity contribution < 1.29 is 14.3 Å². The second-order valence-corrected chi connectivity index (χ2v) is 13.7. The summed E-state index contributed by atoms with van der Waals surface area (Å²) in [6.07, 6.45) is 9.00. The largest absolute Gasteiger partial charge is 0.455 e. The van der Waals surface area contributed by atoms with Crippen LogP contribution in [0.25, 0.3) is 0 Å². The molecule has 0 radical (unpaired) electrons. The number of ether oxygens (including phenoxy) is 1. The summed E-state index contributed by atoms with van der Waals surface area (Å²) in [6, 6.07) is 9.12. The predicted molar refractivity (Wildman–Crippen MR) is 145 cm³/mol. The van der Waals surface area contributed by atoms with Gasteiger partial charge in [0.05, 0.1) is 11.0 Å². The first-order chi connectivity index (χ1) is 17.7. The van der Waals surface area contributed by atoms with Gasteiger partial charge in [-0.3, -0.25) is 9.59 Å². The fraction of sp³-hybridized carbons (Fsp3) is 0.581. The number of esters is 1. The van der Waals surface area contributed by atoms with Crippen LogP contribution >= 0.6 is 11.3 Å². The number of carbonyl (C=O) groups is 2. The Bertz CT molecular complexity index is 1300. The number of rotatable bonds is 5. The number of aryl methyl sites for hydroxylation is 2. The molecule has 0 saturated heterocycles. The van der Waals surface area contributed by atoms with E-state index in [1.807, 2.05) is 0 Å². The molecule has 37 heavy (non-hydrogen) atoms. The molecule has 1 N–H and O–H groups in total. The zero-order chi connectivity index (χ0) is 25.9. The van der Waals surface area contributed by atoms with Crippen molar-refractivity contribution in [2.75, 3.05) is 11.9 Å². The van der Waals surface area contributed by atoms with Crippen LogP contribution in [0.3, 0.4) is 0 Å². The van der Waals surface area contributed by atoms with E-state index in [1.54, 1.807) is 0 Å². The highest BCUT2D eigenvalue weighted by Gasteiger charge is 2.61. The summed E-state index contributed by atoms with van der Waals surface area (Å²) < 4.78 is 5.75. The molecule has 5 aliphatic carbocycles. The number of anilines is 1.